The van der Waals surface area contributed by atoms with E-state index in [2.05, 4.69) is 16.7 Å². The molecule has 0 amide bonds. The molecule has 2 aromatic rings. The minimum Gasteiger partial charge on any atom is -0.379 e. The average Bonchev–Trinajstić information content (AvgIpc) is 3.36. The molecular formula is C23H30F3N3O4S2. The van der Waals surface area contributed by atoms with Crippen LogP contribution in [0.5, 0.6) is 0 Å². The Morgan fingerprint density at radius 2 is 1.86 bits per heavy atom. The van der Waals surface area contributed by atoms with Gasteiger partial charge in [-0.1, -0.05) is 18.2 Å². The van der Waals surface area contributed by atoms with Crippen LogP contribution in [0.2, 0.25) is 0 Å². The van der Waals surface area contributed by atoms with Gasteiger partial charge < -0.3 is 14.7 Å². The van der Waals surface area contributed by atoms with Gasteiger partial charge in [0.05, 0.1) is 19.3 Å². The highest BCUT2D eigenvalue weighted by Gasteiger charge is 2.51. The zero-order valence-electron chi connectivity index (χ0n) is 19.6. The zero-order valence-corrected chi connectivity index (χ0v) is 21.2. The summed E-state index contributed by atoms with van der Waals surface area (Å²) in [5, 5.41) is 11.7. The van der Waals surface area contributed by atoms with E-state index in [1.807, 2.05) is 0 Å². The Morgan fingerprint density at radius 3 is 2.46 bits per heavy atom. The second-order valence-electron chi connectivity index (χ2n) is 9.18. The van der Waals surface area contributed by atoms with Crippen molar-refractivity contribution >= 4 is 27.0 Å². The Hall–Kier alpha value is -1.70. The van der Waals surface area contributed by atoms with Crippen molar-refractivity contribution in [1.29, 1.82) is 0 Å². The average molecular weight is 534 g/mol. The lowest BCUT2D eigenvalue weighted by atomic mass is 9.95. The van der Waals surface area contributed by atoms with Crippen LogP contribution in [0.25, 0.3) is 0 Å². The molecule has 3 heterocycles. The van der Waals surface area contributed by atoms with Gasteiger partial charge in [0, 0.05) is 44.5 Å². The molecule has 1 aromatic carbocycles. The smallest absolute Gasteiger partial charge is 0.379 e. The molecule has 0 saturated carbocycles. The molecule has 7 nitrogen and oxygen atoms in total. The quantitative estimate of drug-likeness (QED) is 0.615. The number of ether oxygens (including phenoxy) is 1. The fourth-order valence-electron chi connectivity index (χ4n) is 4.52. The monoisotopic (exact) mass is 533 g/mol. The Kier molecular flexibility index (Phi) is 7.52. The van der Waals surface area contributed by atoms with Crippen LogP contribution in [-0.2, 0) is 20.4 Å². The SMILES string of the molecule is C[C@H]1COCCN1C[C@@H]1CN(S(=O)(=O)c2cccs2)CCN1c1ccc([C@](C)(O)C(F)(F)F)cc1. The molecular weight excluding hydrogens is 503 g/mol. The number of aliphatic hydroxyl groups is 1. The first-order valence-corrected chi connectivity index (χ1v) is 13.7. The number of halogens is 3. The van der Waals surface area contributed by atoms with E-state index in [-0.39, 0.29) is 30.7 Å². The number of rotatable bonds is 6. The fraction of sp³-hybridized carbons (Fsp3) is 0.565. The summed E-state index contributed by atoms with van der Waals surface area (Å²) in [4.78, 5) is 4.31. The number of morpholine rings is 1. The van der Waals surface area contributed by atoms with Crippen molar-refractivity contribution in [1.82, 2.24) is 9.21 Å². The molecule has 1 N–H and O–H groups in total. The first-order chi connectivity index (χ1) is 16.4. The molecule has 35 heavy (non-hydrogen) atoms. The van der Waals surface area contributed by atoms with E-state index < -0.39 is 21.8 Å². The number of thiophene rings is 1. The van der Waals surface area contributed by atoms with Crippen molar-refractivity contribution in [3.05, 3.63) is 47.3 Å². The van der Waals surface area contributed by atoms with Crippen LogP contribution in [0.15, 0.2) is 46.0 Å². The van der Waals surface area contributed by atoms with E-state index in [1.54, 1.807) is 29.6 Å². The van der Waals surface area contributed by atoms with Crippen molar-refractivity contribution in [2.24, 2.45) is 0 Å². The first-order valence-electron chi connectivity index (χ1n) is 11.4. The van der Waals surface area contributed by atoms with E-state index in [0.29, 0.717) is 36.2 Å². The fourth-order valence-corrected chi connectivity index (χ4v) is 7.14. The minimum absolute atomic E-state index is 0.166. The minimum atomic E-state index is -4.80. The Labute approximate surface area is 207 Å². The summed E-state index contributed by atoms with van der Waals surface area (Å²) in [5.41, 5.74) is -2.52. The normalized spacial score (nSPS) is 24.9. The number of benzene rings is 1. The van der Waals surface area contributed by atoms with Crippen molar-refractivity contribution in [3.63, 3.8) is 0 Å². The maximum Gasteiger partial charge on any atom is 0.421 e. The van der Waals surface area contributed by atoms with Crippen molar-refractivity contribution in [2.45, 2.75) is 41.9 Å². The van der Waals surface area contributed by atoms with Gasteiger partial charge in [0.25, 0.3) is 10.0 Å². The third kappa shape index (κ3) is 5.37. The summed E-state index contributed by atoms with van der Waals surface area (Å²) in [6.45, 7) is 6.19. The highest BCUT2D eigenvalue weighted by molar-refractivity contribution is 7.91. The summed E-state index contributed by atoms with van der Waals surface area (Å²) in [7, 11) is -3.63. The molecule has 0 radical (unpaired) electrons. The highest BCUT2D eigenvalue weighted by atomic mass is 32.2. The molecule has 2 fully saturated rings. The van der Waals surface area contributed by atoms with E-state index in [0.717, 1.165) is 13.5 Å². The lowest BCUT2D eigenvalue weighted by Gasteiger charge is -2.45. The summed E-state index contributed by atoms with van der Waals surface area (Å²) < 4.78 is 73.5. The molecule has 2 saturated heterocycles. The van der Waals surface area contributed by atoms with Gasteiger partial charge in [-0.15, -0.1) is 11.3 Å². The largest absolute Gasteiger partial charge is 0.421 e. The second-order valence-corrected chi connectivity index (χ2v) is 12.3. The Balaban J connectivity index is 1.60. The van der Waals surface area contributed by atoms with Gasteiger partial charge in [0.1, 0.15) is 4.21 Å². The molecule has 0 unspecified atom stereocenters. The van der Waals surface area contributed by atoms with E-state index in [1.165, 1.54) is 27.8 Å². The molecule has 2 aliphatic rings. The molecule has 2 aliphatic heterocycles. The Morgan fingerprint density at radius 1 is 1.14 bits per heavy atom. The van der Waals surface area contributed by atoms with Crippen LogP contribution in [-0.4, -0.2) is 86.9 Å². The van der Waals surface area contributed by atoms with Gasteiger partial charge in [-0.05, 0) is 43.0 Å². The number of hydrogen-bond donors (Lipinski definition) is 1. The first kappa shape index (κ1) is 26.4. The van der Waals surface area contributed by atoms with Crippen LogP contribution in [0.1, 0.15) is 19.4 Å². The predicted molar refractivity (Wildman–Crippen MR) is 128 cm³/mol. The van der Waals surface area contributed by atoms with Crippen LogP contribution >= 0.6 is 11.3 Å². The number of sulfonamides is 1. The molecule has 1 aromatic heterocycles. The Bertz CT molecular complexity index is 1090. The third-order valence-electron chi connectivity index (χ3n) is 6.80. The van der Waals surface area contributed by atoms with Crippen LogP contribution in [0.4, 0.5) is 18.9 Å². The lowest BCUT2D eigenvalue weighted by molar-refractivity contribution is -0.258. The number of anilines is 1. The topological polar surface area (TPSA) is 73.3 Å². The summed E-state index contributed by atoms with van der Waals surface area (Å²) in [6.07, 6.45) is -4.80. The predicted octanol–water partition coefficient (Wildman–Crippen LogP) is 3.12. The third-order valence-corrected chi connectivity index (χ3v) is 10.0. The molecule has 12 heteroatoms. The number of alkyl halides is 3. The van der Waals surface area contributed by atoms with E-state index in [4.69, 9.17) is 4.74 Å². The van der Waals surface area contributed by atoms with Crippen LogP contribution in [0, 0.1) is 0 Å². The van der Waals surface area contributed by atoms with Crippen molar-refractivity contribution < 1.29 is 31.4 Å². The van der Waals surface area contributed by atoms with E-state index in [9.17, 15) is 26.7 Å². The summed E-state index contributed by atoms with van der Waals surface area (Å²) >= 11 is 1.18. The van der Waals surface area contributed by atoms with Gasteiger partial charge >= 0.3 is 6.18 Å². The summed E-state index contributed by atoms with van der Waals surface area (Å²) in [6, 6.07) is 8.95. The van der Waals surface area contributed by atoms with Gasteiger partial charge in [0.2, 0.25) is 0 Å². The van der Waals surface area contributed by atoms with Crippen molar-refractivity contribution in [3.8, 4) is 0 Å². The van der Waals surface area contributed by atoms with E-state index >= 15 is 0 Å². The number of piperazine rings is 1. The number of hydrogen-bond acceptors (Lipinski definition) is 7. The molecule has 0 aliphatic carbocycles. The number of nitrogens with zero attached hydrogens (tertiary/aromatic N) is 3. The second kappa shape index (κ2) is 9.98. The maximum atomic E-state index is 13.3. The van der Waals surface area contributed by atoms with Gasteiger partial charge in [-0.3, -0.25) is 4.90 Å². The van der Waals surface area contributed by atoms with Crippen molar-refractivity contribution in [2.75, 3.05) is 50.8 Å². The maximum absolute atomic E-state index is 13.3. The van der Waals surface area contributed by atoms with Gasteiger partial charge in [-0.2, -0.15) is 17.5 Å². The molecule has 0 spiro atoms. The van der Waals surface area contributed by atoms with Gasteiger partial charge in [-0.25, -0.2) is 8.42 Å². The molecule has 3 atom stereocenters. The molecule has 0 bridgehead atoms. The highest BCUT2D eigenvalue weighted by Crippen LogP contribution is 2.39. The molecule has 4 rings (SSSR count). The van der Waals surface area contributed by atoms with Gasteiger partial charge in [0.15, 0.2) is 5.60 Å². The standard InChI is InChI=1S/C23H30F3N3O4S2/c1-17-16-33-12-11-27(17)14-20-15-28(35(31,32)21-4-3-13-34-21)9-10-29(20)19-7-5-18(6-8-19)22(2,30)23(24,25)26/h3-8,13,17,20,30H,9-12,14-16H2,1-2H3/t17-,20+,22-/m0/s1. The lowest BCUT2D eigenvalue weighted by Crippen LogP contribution is -2.60. The van der Waals surface area contributed by atoms with Crippen LogP contribution < -0.4 is 4.90 Å². The summed E-state index contributed by atoms with van der Waals surface area (Å²) in [5.74, 6) is 0. The zero-order chi connectivity index (χ0) is 25.4. The van der Waals surface area contributed by atoms with Crippen LogP contribution in [0.3, 0.4) is 0 Å². The molecule has 194 valence electrons.